The van der Waals surface area contributed by atoms with Crippen molar-refractivity contribution in [3.05, 3.63) is 58.3 Å². The van der Waals surface area contributed by atoms with E-state index in [1.165, 1.54) is 30.2 Å². The van der Waals surface area contributed by atoms with Crippen molar-refractivity contribution in [3.63, 3.8) is 0 Å². The van der Waals surface area contributed by atoms with E-state index in [0.717, 1.165) is 5.56 Å². The number of halogens is 2. The van der Waals surface area contributed by atoms with Gasteiger partial charge in [0.1, 0.15) is 11.0 Å². The molecule has 0 atom stereocenters. The molecule has 23 heavy (non-hydrogen) atoms. The van der Waals surface area contributed by atoms with Crippen molar-refractivity contribution in [2.24, 2.45) is 0 Å². The van der Waals surface area contributed by atoms with E-state index in [2.05, 4.69) is 5.10 Å². The van der Waals surface area contributed by atoms with Crippen molar-refractivity contribution in [3.8, 4) is 0 Å². The van der Waals surface area contributed by atoms with Crippen molar-refractivity contribution in [1.29, 1.82) is 0 Å². The van der Waals surface area contributed by atoms with E-state index < -0.39 is 5.97 Å². The van der Waals surface area contributed by atoms with Crippen LogP contribution >= 0.6 is 11.6 Å². The first-order valence-corrected chi connectivity index (χ1v) is 7.31. The summed E-state index contributed by atoms with van der Waals surface area (Å²) in [5, 5.41) is 4.48. The van der Waals surface area contributed by atoms with Gasteiger partial charge in [-0.3, -0.25) is 0 Å². The van der Waals surface area contributed by atoms with Gasteiger partial charge in [-0.1, -0.05) is 23.7 Å². The smallest absolute Gasteiger partial charge is 0.359 e. The highest BCUT2D eigenvalue weighted by atomic mass is 35.5. The van der Waals surface area contributed by atoms with Crippen LogP contribution in [0.15, 0.2) is 30.5 Å². The number of nitrogens with zero attached hydrogens (tertiary/aromatic N) is 2. The van der Waals surface area contributed by atoms with Crippen LogP contribution in [0.4, 0.5) is 4.39 Å². The molecule has 5 nitrogen and oxygen atoms in total. The molecule has 0 aliphatic rings. The minimum Gasteiger partial charge on any atom is -0.504 e. The summed E-state index contributed by atoms with van der Waals surface area (Å²) >= 11 is 6.30. The van der Waals surface area contributed by atoms with Crippen LogP contribution in [0.3, 0.4) is 0 Å². The molecule has 0 saturated carbocycles. The molecule has 0 saturated heterocycles. The summed E-state index contributed by atoms with van der Waals surface area (Å²) in [6.45, 7) is 2.24. The van der Waals surface area contributed by atoms with Crippen LogP contribution in [0.1, 0.15) is 28.5 Å². The fourth-order valence-electron chi connectivity index (χ4n) is 1.96. The lowest BCUT2D eigenvalue weighted by Crippen LogP contribution is -2.08. The van der Waals surface area contributed by atoms with E-state index in [9.17, 15) is 9.18 Å². The molecule has 0 aliphatic carbocycles. The molecule has 1 aromatic carbocycles. The number of hydrogen-bond donors (Lipinski definition) is 0. The highest BCUT2D eigenvalue weighted by Gasteiger charge is 2.21. The lowest BCUT2D eigenvalue weighted by molar-refractivity contribution is 0.0518. The maximum Gasteiger partial charge on any atom is 0.359 e. The zero-order valence-electron chi connectivity index (χ0n) is 12.8. The number of carbonyl (C=O) groups excluding carboxylic acids is 1. The first-order chi connectivity index (χ1) is 11.1. The number of carbonyl (C=O) groups is 1. The van der Waals surface area contributed by atoms with Crippen LogP contribution in [-0.4, -0.2) is 29.5 Å². The lowest BCUT2D eigenvalue weighted by Gasteiger charge is -2.03. The normalized spacial score (nSPS) is 11.0. The first kappa shape index (κ1) is 17.0. The summed E-state index contributed by atoms with van der Waals surface area (Å²) in [7, 11) is 1.48. The Balaban J connectivity index is 2.37. The van der Waals surface area contributed by atoms with E-state index in [-0.39, 0.29) is 23.3 Å². The molecule has 1 aromatic heterocycles. The summed E-state index contributed by atoms with van der Waals surface area (Å²) < 4.78 is 24.3. The van der Waals surface area contributed by atoms with Gasteiger partial charge in [0.05, 0.1) is 26.5 Å². The number of aromatic nitrogens is 2. The van der Waals surface area contributed by atoms with E-state index in [4.69, 9.17) is 21.1 Å². The van der Waals surface area contributed by atoms with E-state index in [1.807, 2.05) is 0 Å². The fraction of sp³-hybridized carbons (Fsp3) is 0.250. The maximum atomic E-state index is 13.0. The number of hydrogen-bond acceptors (Lipinski definition) is 4. The molecule has 2 rings (SSSR count). The van der Waals surface area contributed by atoms with Gasteiger partial charge in [-0.25, -0.2) is 13.9 Å². The van der Waals surface area contributed by atoms with Crippen molar-refractivity contribution in [1.82, 2.24) is 9.78 Å². The molecule has 0 spiro atoms. The Morgan fingerprint density at radius 1 is 1.39 bits per heavy atom. The summed E-state index contributed by atoms with van der Waals surface area (Å²) in [5.74, 6) is -0.890. The van der Waals surface area contributed by atoms with E-state index >= 15 is 0 Å². The topological polar surface area (TPSA) is 53.3 Å². The summed E-state index contributed by atoms with van der Waals surface area (Å²) in [5.41, 5.74) is 1.31. The second kappa shape index (κ2) is 7.78. The highest BCUT2D eigenvalue weighted by Crippen LogP contribution is 2.24. The van der Waals surface area contributed by atoms with Gasteiger partial charge < -0.3 is 9.47 Å². The van der Waals surface area contributed by atoms with E-state index in [1.54, 1.807) is 25.1 Å². The van der Waals surface area contributed by atoms with Crippen molar-refractivity contribution in [2.45, 2.75) is 13.5 Å². The molecular weight excluding hydrogens is 323 g/mol. The minimum atomic E-state index is -0.567. The molecule has 0 amide bonds. The van der Waals surface area contributed by atoms with E-state index in [0.29, 0.717) is 12.1 Å². The molecule has 7 heteroatoms. The minimum absolute atomic E-state index is 0.104. The Morgan fingerprint density at radius 2 is 2.09 bits per heavy atom. The Bertz CT molecular complexity index is 711. The predicted molar refractivity (Wildman–Crippen MR) is 84.7 cm³/mol. The quantitative estimate of drug-likeness (QED) is 0.597. The lowest BCUT2D eigenvalue weighted by atomic mass is 10.2. The van der Waals surface area contributed by atoms with Crippen LogP contribution in [0.2, 0.25) is 5.15 Å². The van der Waals surface area contributed by atoms with Gasteiger partial charge in [-0.05, 0) is 30.7 Å². The molecule has 0 fully saturated rings. The third kappa shape index (κ3) is 4.10. The van der Waals surface area contributed by atoms with Gasteiger partial charge in [0, 0.05) is 5.56 Å². The van der Waals surface area contributed by atoms with Crippen molar-refractivity contribution < 1.29 is 18.7 Å². The van der Waals surface area contributed by atoms with Crippen molar-refractivity contribution in [2.75, 3.05) is 13.7 Å². The van der Waals surface area contributed by atoms with Crippen LogP contribution in [0.5, 0.6) is 0 Å². The second-order valence-corrected chi connectivity index (χ2v) is 4.95. The van der Waals surface area contributed by atoms with Gasteiger partial charge >= 0.3 is 5.97 Å². The molecule has 0 unspecified atom stereocenters. The SMILES string of the molecule is CCOC(=O)c1nn(Cc2ccc(F)cc2)c(Cl)c1C=COC. The molecule has 0 radical (unpaired) electrons. The van der Waals surface area contributed by atoms with Gasteiger partial charge in [-0.2, -0.15) is 5.10 Å². The summed E-state index contributed by atoms with van der Waals surface area (Å²) in [4.78, 5) is 12.0. The summed E-state index contributed by atoms with van der Waals surface area (Å²) in [6, 6.07) is 5.96. The largest absolute Gasteiger partial charge is 0.504 e. The third-order valence-corrected chi connectivity index (χ3v) is 3.41. The monoisotopic (exact) mass is 338 g/mol. The Hall–Kier alpha value is -2.34. The highest BCUT2D eigenvalue weighted by molar-refractivity contribution is 6.31. The van der Waals surface area contributed by atoms with Gasteiger partial charge in [-0.15, -0.1) is 0 Å². The van der Waals surface area contributed by atoms with Crippen LogP contribution in [-0.2, 0) is 16.0 Å². The molecular formula is C16H16ClFN2O3. The number of benzene rings is 1. The molecule has 0 N–H and O–H groups in total. The van der Waals surface area contributed by atoms with Crippen LogP contribution in [0.25, 0.3) is 6.08 Å². The van der Waals surface area contributed by atoms with Gasteiger partial charge in [0.2, 0.25) is 0 Å². The zero-order valence-corrected chi connectivity index (χ0v) is 13.5. The van der Waals surface area contributed by atoms with Crippen molar-refractivity contribution >= 4 is 23.6 Å². The number of rotatable bonds is 6. The first-order valence-electron chi connectivity index (χ1n) is 6.94. The van der Waals surface area contributed by atoms with Crippen LogP contribution in [0, 0.1) is 5.82 Å². The number of esters is 1. The molecule has 2 aromatic rings. The van der Waals surface area contributed by atoms with Gasteiger partial charge in [0.25, 0.3) is 0 Å². The molecule has 0 aliphatic heterocycles. The Kier molecular flexibility index (Phi) is 5.76. The zero-order chi connectivity index (χ0) is 16.8. The third-order valence-electron chi connectivity index (χ3n) is 3.01. The fourth-order valence-corrected chi connectivity index (χ4v) is 2.21. The Labute approximate surface area is 138 Å². The molecule has 1 heterocycles. The predicted octanol–water partition coefficient (Wildman–Crippen LogP) is 3.52. The number of ether oxygens (including phenoxy) is 2. The van der Waals surface area contributed by atoms with Gasteiger partial charge in [0.15, 0.2) is 5.69 Å². The summed E-state index contributed by atoms with van der Waals surface area (Å²) in [6.07, 6.45) is 2.94. The Morgan fingerprint density at radius 3 is 2.70 bits per heavy atom. The second-order valence-electron chi connectivity index (χ2n) is 4.60. The molecule has 0 bridgehead atoms. The van der Waals surface area contributed by atoms with Crippen LogP contribution < -0.4 is 0 Å². The average molecular weight is 339 g/mol. The average Bonchev–Trinajstić information content (AvgIpc) is 2.84. The standard InChI is InChI=1S/C16H16ClFN2O3/c1-3-23-16(21)14-13(8-9-22-2)15(17)20(19-14)10-11-4-6-12(18)7-5-11/h4-9H,3,10H2,1-2H3. The maximum absolute atomic E-state index is 13.0. The number of methoxy groups -OCH3 is 1. The molecule has 122 valence electrons.